The molecule has 0 aliphatic carbocycles. The van der Waals surface area contributed by atoms with E-state index in [1.54, 1.807) is 12.1 Å². The van der Waals surface area contributed by atoms with Gasteiger partial charge in [0, 0.05) is 0 Å². The Kier molecular flexibility index (Phi) is 7.18. The maximum absolute atomic E-state index is 12.5. The summed E-state index contributed by atoms with van der Waals surface area (Å²) < 4.78 is 16.0. The SMILES string of the molecule is CCOc1cc(/C=C2\NC(=S)N(CC(=O)OC)C2=O)ccc1OCC(C)C. The van der Waals surface area contributed by atoms with E-state index in [2.05, 4.69) is 23.9 Å². The van der Waals surface area contributed by atoms with Gasteiger partial charge in [0.2, 0.25) is 0 Å². The maximum Gasteiger partial charge on any atom is 0.325 e. The van der Waals surface area contributed by atoms with Crippen LogP contribution in [0, 0.1) is 5.92 Å². The van der Waals surface area contributed by atoms with Gasteiger partial charge in [0.1, 0.15) is 12.2 Å². The summed E-state index contributed by atoms with van der Waals surface area (Å²) in [6.45, 7) is 6.87. The van der Waals surface area contributed by atoms with Gasteiger partial charge in [0.15, 0.2) is 16.6 Å². The largest absolute Gasteiger partial charge is 0.490 e. The summed E-state index contributed by atoms with van der Waals surface area (Å²) in [5.41, 5.74) is 1.02. The topological polar surface area (TPSA) is 77.1 Å². The number of benzene rings is 1. The van der Waals surface area contributed by atoms with Crippen LogP contribution in [0.15, 0.2) is 23.9 Å². The van der Waals surface area contributed by atoms with Crippen molar-refractivity contribution in [3.8, 4) is 11.5 Å². The van der Waals surface area contributed by atoms with Crippen LogP contribution >= 0.6 is 12.2 Å². The number of hydrogen-bond acceptors (Lipinski definition) is 6. The Bertz CT molecular complexity index is 760. The smallest absolute Gasteiger partial charge is 0.325 e. The van der Waals surface area contributed by atoms with Gasteiger partial charge in [0.05, 0.1) is 20.3 Å². The van der Waals surface area contributed by atoms with Crippen molar-refractivity contribution in [2.45, 2.75) is 20.8 Å². The van der Waals surface area contributed by atoms with Crippen LogP contribution in [-0.2, 0) is 14.3 Å². The molecule has 1 heterocycles. The average Bonchev–Trinajstić information content (AvgIpc) is 2.88. The van der Waals surface area contributed by atoms with E-state index < -0.39 is 5.97 Å². The molecule has 8 heteroatoms. The van der Waals surface area contributed by atoms with Crippen LogP contribution in [0.1, 0.15) is 26.3 Å². The Morgan fingerprint density at radius 2 is 2.04 bits per heavy atom. The van der Waals surface area contributed by atoms with Gasteiger partial charge in [-0.15, -0.1) is 0 Å². The highest BCUT2D eigenvalue weighted by Crippen LogP contribution is 2.30. The van der Waals surface area contributed by atoms with Crippen LogP contribution in [0.4, 0.5) is 0 Å². The van der Waals surface area contributed by atoms with E-state index >= 15 is 0 Å². The van der Waals surface area contributed by atoms with Crippen molar-refractivity contribution in [2.75, 3.05) is 26.9 Å². The molecule has 1 aromatic carbocycles. The number of nitrogens with one attached hydrogen (secondary N) is 1. The van der Waals surface area contributed by atoms with E-state index in [1.807, 2.05) is 19.1 Å². The molecule has 0 bridgehead atoms. The van der Waals surface area contributed by atoms with E-state index in [1.165, 1.54) is 7.11 Å². The van der Waals surface area contributed by atoms with Gasteiger partial charge >= 0.3 is 5.97 Å². The van der Waals surface area contributed by atoms with E-state index in [-0.39, 0.29) is 23.3 Å². The molecule has 1 saturated heterocycles. The second kappa shape index (κ2) is 9.36. The fourth-order valence-electron chi connectivity index (χ4n) is 2.33. The standard InChI is InChI=1S/C19H24N2O5S/c1-5-25-16-9-13(6-7-15(16)26-11-12(2)3)8-14-18(23)21(19(27)20-14)10-17(22)24-4/h6-9,12H,5,10-11H2,1-4H3,(H,20,27)/b14-8-. The van der Waals surface area contributed by atoms with E-state index in [4.69, 9.17) is 21.7 Å². The van der Waals surface area contributed by atoms with Gasteiger partial charge < -0.3 is 19.5 Å². The molecule has 0 atom stereocenters. The lowest BCUT2D eigenvalue weighted by Gasteiger charge is -2.14. The number of carbonyl (C=O) groups is 2. The summed E-state index contributed by atoms with van der Waals surface area (Å²) in [5, 5.41) is 2.99. The molecule has 1 aliphatic heterocycles. The fraction of sp³-hybridized carbons (Fsp3) is 0.421. The fourth-order valence-corrected chi connectivity index (χ4v) is 2.59. The molecule has 0 aromatic heterocycles. The van der Waals surface area contributed by atoms with Crippen LogP contribution in [0.25, 0.3) is 6.08 Å². The summed E-state index contributed by atoms with van der Waals surface area (Å²) in [6, 6.07) is 5.43. The van der Waals surface area contributed by atoms with Crippen molar-refractivity contribution in [2.24, 2.45) is 5.92 Å². The molecule has 0 saturated carbocycles. The van der Waals surface area contributed by atoms with Gasteiger partial charge in [-0.3, -0.25) is 14.5 Å². The zero-order chi connectivity index (χ0) is 20.0. The number of methoxy groups -OCH3 is 1. The monoisotopic (exact) mass is 392 g/mol. The average molecular weight is 392 g/mol. The predicted octanol–water partition coefficient (Wildman–Crippen LogP) is 2.35. The Labute approximate surface area is 164 Å². The number of ether oxygens (including phenoxy) is 3. The molecule has 0 unspecified atom stereocenters. The van der Waals surface area contributed by atoms with Crippen LogP contribution < -0.4 is 14.8 Å². The third-order valence-electron chi connectivity index (χ3n) is 3.63. The van der Waals surface area contributed by atoms with Crippen molar-refractivity contribution in [1.29, 1.82) is 0 Å². The minimum atomic E-state index is -0.543. The van der Waals surface area contributed by atoms with E-state index in [9.17, 15) is 9.59 Å². The van der Waals surface area contributed by atoms with Crippen molar-refractivity contribution in [3.05, 3.63) is 29.5 Å². The summed E-state index contributed by atoms with van der Waals surface area (Å²) in [4.78, 5) is 25.1. The normalized spacial score (nSPS) is 15.3. The lowest BCUT2D eigenvalue weighted by atomic mass is 10.1. The van der Waals surface area contributed by atoms with Crippen LogP contribution in [0.5, 0.6) is 11.5 Å². The zero-order valence-corrected chi connectivity index (χ0v) is 16.7. The number of hydrogen-bond donors (Lipinski definition) is 1. The van der Waals surface area contributed by atoms with Gasteiger partial charge in [0.25, 0.3) is 5.91 Å². The third-order valence-corrected chi connectivity index (χ3v) is 3.95. The molecule has 2 rings (SSSR count). The Balaban J connectivity index is 2.22. The van der Waals surface area contributed by atoms with Gasteiger partial charge in [-0.25, -0.2) is 0 Å². The predicted molar refractivity (Wildman–Crippen MR) is 105 cm³/mol. The molecular formula is C19H24N2O5S. The maximum atomic E-state index is 12.5. The number of esters is 1. The molecular weight excluding hydrogens is 368 g/mol. The zero-order valence-electron chi connectivity index (χ0n) is 15.9. The van der Waals surface area contributed by atoms with Crippen molar-refractivity contribution in [3.63, 3.8) is 0 Å². The molecule has 1 fully saturated rings. The quantitative estimate of drug-likeness (QED) is 0.413. The molecule has 1 N–H and O–H groups in total. The number of rotatable bonds is 8. The number of carbonyl (C=O) groups excluding carboxylic acids is 2. The first-order valence-corrected chi connectivity index (χ1v) is 9.07. The molecule has 0 radical (unpaired) electrons. The lowest BCUT2D eigenvalue weighted by Crippen LogP contribution is -2.35. The van der Waals surface area contributed by atoms with Gasteiger partial charge in [-0.05, 0) is 48.8 Å². The van der Waals surface area contributed by atoms with Crippen molar-refractivity contribution in [1.82, 2.24) is 10.2 Å². The highest BCUT2D eigenvalue weighted by atomic mass is 32.1. The van der Waals surface area contributed by atoms with E-state index in [0.717, 1.165) is 10.5 Å². The minimum absolute atomic E-state index is 0.165. The minimum Gasteiger partial charge on any atom is -0.490 e. The van der Waals surface area contributed by atoms with Crippen LogP contribution in [0.3, 0.4) is 0 Å². The lowest BCUT2D eigenvalue weighted by molar-refractivity contribution is -0.143. The second-order valence-electron chi connectivity index (χ2n) is 6.30. The Hall–Kier alpha value is -2.61. The first-order chi connectivity index (χ1) is 12.8. The summed E-state index contributed by atoms with van der Waals surface area (Å²) in [6.07, 6.45) is 1.65. The van der Waals surface area contributed by atoms with E-state index in [0.29, 0.717) is 30.6 Å². The second-order valence-corrected chi connectivity index (χ2v) is 6.69. The Morgan fingerprint density at radius 1 is 1.30 bits per heavy atom. The first kappa shape index (κ1) is 20.7. The third kappa shape index (κ3) is 5.43. The molecule has 1 aromatic rings. The first-order valence-electron chi connectivity index (χ1n) is 8.66. The molecule has 27 heavy (non-hydrogen) atoms. The summed E-state index contributed by atoms with van der Waals surface area (Å²) in [7, 11) is 1.26. The van der Waals surface area contributed by atoms with Crippen LogP contribution in [0.2, 0.25) is 0 Å². The molecule has 1 aliphatic rings. The van der Waals surface area contributed by atoms with Crippen LogP contribution in [-0.4, -0.2) is 48.8 Å². The van der Waals surface area contributed by atoms with Crippen molar-refractivity contribution < 1.29 is 23.8 Å². The molecule has 7 nitrogen and oxygen atoms in total. The number of nitrogens with zero attached hydrogens (tertiary/aromatic N) is 1. The highest BCUT2D eigenvalue weighted by Gasteiger charge is 2.32. The van der Waals surface area contributed by atoms with Gasteiger partial charge in [-0.1, -0.05) is 19.9 Å². The number of amides is 1. The Morgan fingerprint density at radius 3 is 2.67 bits per heavy atom. The summed E-state index contributed by atoms with van der Waals surface area (Å²) >= 11 is 5.12. The van der Waals surface area contributed by atoms with Gasteiger partial charge in [-0.2, -0.15) is 0 Å². The van der Waals surface area contributed by atoms with Crippen molar-refractivity contribution >= 4 is 35.3 Å². The summed E-state index contributed by atoms with van der Waals surface area (Å²) in [5.74, 6) is 0.721. The number of thiocarbonyl (C=S) groups is 1. The molecule has 1 amide bonds. The molecule has 146 valence electrons. The molecule has 0 spiro atoms. The highest BCUT2D eigenvalue weighted by molar-refractivity contribution is 7.80.